The van der Waals surface area contributed by atoms with Crippen molar-refractivity contribution in [2.24, 2.45) is 0 Å². The molecule has 0 radical (unpaired) electrons. The summed E-state index contributed by atoms with van der Waals surface area (Å²) in [4.78, 5) is 4.34. The Kier molecular flexibility index (Phi) is 4.85. The summed E-state index contributed by atoms with van der Waals surface area (Å²) in [5, 5.41) is 8.16. The molecule has 0 amide bonds. The third kappa shape index (κ3) is 3.36. The van der Waals surface area contributed by atoms with Crippen molar-refractivity contribution in [3.63, 3.8) is 0 Å². The lowest BCUT2D eigenvalue weighted by Gasteiger charge is -2.14. The third-order valence-corrected chi connectivity index (χ3v) is 3.29. The molecule has 2 heterocycles. The van der Waals surface area contributed by atoms with Crippen LogP contribution < -0.4 is 4.74 Å². The number of hydrogen-bond donors (Lipinski definition) is 1. The first kappa shape index (κ1) is 15.4. The van der Waals surface area contributed by atoms with Crippen LogP contribution in [0.3, 0.4) is 0 Å². The summed E-state index contributed by atoms with van der Waals surface area (Å²) in [6.07, 6.45) is 2.65. The zero-order valence-corrected chi connectivity index (χ0v) is 13.1. The van der Waals surface area contributed by atoms with Crippen molar-refractivity contribution in [1.82, 2.24) is 15.2 Å². The van der Waals surface area contributed by atoms with Gasteiger partial charge in [-0.25, -0.2) is 4.98 Å². The average molecular weight is 301 g/mol. The summed E-state index contributed by atoms with van der Waals surface area (Å²) in [5.74, 6) is 0.650. The van der Waals surface area contributed by atoms with Gasteiger partial charge in [-0.1, -0.05) is 30.3 Å². The van der Waals surface area contributed by atoms with Crippen LogP contribution in [-0.2, 0) is 6.42 Å². The molecule has 21 heavy (non-hydrogen) atoms. The minimum absolute atomic E-state index is 0. The molecular weight excluding hydrogens is 282 g/mol. The normalized spacial score (nSPS) is 11.9. The van der Waals surface area contributed by atoms with Crippen LogP contribution in [0.5, 0.6) is 5.88 Å². The van der Waals surface area contributed by atoms with Crippen molar-refractivity contribution >= 4 is 24.4 Å². The van der Waals surface area contributed by atoms with Crippen molar-refractivity contribution in [3.8, 4) is 5.88 Å². The van der Waals surface area contributed by atoms with Crippen LogP contribution in [0.4, 0.5) is 0 Å². The van der Waals surface area contributed by atoms with Gasteiger partial charge in [-0.3, -0.25) is 5.10 Å². The number of fused-ring (bicyclic) bond motifs is 1. The van der Waals surface area contributed by atoms with E-state index in [0.717, 1.165) is 23.0 Å². The van der Waals surface area contributed by atoms with Crippen molar-refractivity contribution < 1.29 is 4.74 Å². The maximum absolute atomic E-state index is 6.00. The van der Waals surface area contributed by atoms with Crippen molar-refractivity contribution in [3.05, 3.63) is 53.9 Å². The monoisotopic (exact) mass is 301 g/mol. The van der Waals surface area contributed by atoms with Gasteiger partial charge in [0, 0.05) is 18.3 Å². The number of nitrogens with zero attached hydrogens (tertiary/aromatic N) is 2. The molecule has 3 rings (SSSR count). The highest BCUT2D eigenvalue weighted by Crippen LogP contribution is 2.25. The molecule has 1 N–H and O–H groups in total. The van der Waals surface area contributed by atoms with Gasteiger partial charge >= 0.3 is 0 Å². The summed E-state index contributed by atoms with van der Waals surface area (Å²) in [7, 11) is 0. The zero-order chi connectivity index (χ0) is 13.9. The molecule has 5 heteroatoms. The number of benzene rings is 1. The number of pyridine rings is 1. The predicted molar refractivity (Wildman–Crippen MR) is 89.2 cm³/mol. The molecular formula is C16H19N3OS. The smallest absolute Gasteiger partial charge is 0.225 e. The van der Waals surface area contributed by atoms with E-state index in [1.54, 1.807) is 6.20 Å². The standard InChI is InChI=1S/C16H17N3O.H2S/c1-11(10-13-6-4-3-5-7-13)20-16-15-12(2)18-19-14(15)8-9-17-16;/h3-9,11H,10H2,1-2H3,(H,18,19);1H2/t11-;/m0./s1. The van der Waals surface area contributed by atoms with Crippen LogP contribution in [0.2, 0.25) is 0 Å². The highest BCUT2D eigenvalue weighted by atomic mass is 32.1. The summed E-state index contributed by atoms with van der Waals surface area (Å²) in [6.45, 7) is 4.04. The van der Waals surface area contributed by atoms with Crippen molar-refractivity contribution in [2.75, 3.05) is 0 Å². The van der Waals surface area contributed by atoms with E-state index >= 15 is 0 Å². The Balaban J connectivity index is 0.00000161. The lowest BCUT2D eigenvalue weighted by atomic mass is 10.1. The maximum atomic E-state index is 6.00. The molecule has 110 valence electrons. The highest BCUT2D eigenvalue weighted by molar-refractivity contribution is 7.59. The Morgan fingerprint density at radius 3 is 2.71 bits per heavy atom. The molecule has 0 bridgehead atoms. The number of H-pyrrole nitrogens is 1. The molecule has 1 aromatic carbocycles. The summed E-state index contributed by atoms with van der Waals surface area (Å²) >= 11 is 0. The quantitative estimate of drug-likeness (QED) is 0.803. The van der Waals surface area contributed by atoms with E-state index in [-0.39, 0.29) is 19.6 Å². The largest absolute Gasteiger partial charge is 0.474 e. The Labute approximate surface area is 131 Å². The molecule has 0 aliphatic rings. The van der Waals surface area contributed by atoms with Crippen LogP contribution in [0, 0.1) is 6.92 Å². The Bertz CT molecular complexity index is 712. The number of rotatable bonds is 4. The molecule has 0 unspecified atom stereocenters. The van der Waals surface area contributed by atoms with E-state index in [0.29, 0.717) is 5.88 Å². The fourth-order valence-corrected chi connectivity index (χ4v) is 2.35. The van der Waals surface area contributed by atoms with Crippen LogP contribution in [-0.4, -0.2) is 21.3 Å². The van der Waals surface area contributed by atoms with Gasteiger partial charge in [0.05, 0.1) is 10.9 Å². The summed E-state index contributed by atoms with van der Waals surface area (Å²) < 4.78 is 6.00. The van der Waals surface area contributed by atoms with E-state index in [4.69, 9.17) is 4.74 Å². The molecule has 4 nitrogen and oxygen atoms in total. The highest BCUT2D eigenvalue weighted by Gasteiger charge is 2.13. The van der Waals surface area contributed by atoms with Crippen molar-refractivity contribution in [1.29, 1.82) is 0 Å². The second-order valence-corrected chi connectivity index (χ2v) is 4.98. The van der Waals surface area contributed by atoms with E-state index < -0.39 is 0 Å². The average Bonchev–Trinajstić information content (AvgIpc) is 2.83. The van der Waals surface area contributed by atoms with Crippen LogP contribution >= 0.6 is 13.5 Å². The zero-order valence-electron chi connectivity index (χ0n) is 12.1. The van der Waals surface area contributed by atoms with Gasteiger partial charge in [-0.05, 0) is 25.5 Å². The van der Waals surface area contributed by atoms with Gasteiger partial charge in [0.25, 0.3) is 0 Å². The molecule has 0 aliphatic carbocycles. The van der Waals surface area contributed by atoms with Gasteiger partial charge in [-0.15, -0.1) is 0 Å². The van der Waals surface area contributed by atoms with Crippen LogP contribution in [0.25, 0.3) is 10.9 Å². The van der Waals surface area contributed by atoms with E-state index in [1.807, 2.05) is 31.2 Å². The molecule has 0 saturated heterocycles. The maximum Gasteiger partial charge on any atom is 0.225 e. The number of aromatic amines is 1. The number of nitrogens with one attached hydrogen (secondary N) is 1. The Morgan fingerprint density at radius 1 is 1.19 bits per heavy atom. The molecule has 0 saturated carbocycles. The molecule has 3 aromatic rings. The van der Waals surface area contributed by atoms with E-state index in [9.17, 15) is 0 Å². The van der Waals surface area contributed by atoms with Crippen LogP contribution in [0.15, 0.2) is 42.6 Å². The van der Waals surface area contributed by atoms with E-state index in [1.165, 1.54) is 5.56 Å². The first-order valence-corrected chi connectivity index (χ1v) is 6.74. The first-order valence-electron chi connectivity index (χ1n) is 6.74. The van der Waals surface area contributed by atoms with Crippen molar-refractivity contribution in [2.45, 2.75) is 26.4 Å². The lowest BCUT2D eigenvalue weighted by Crippen LogP contribution is -2.15. The topological polar surface area (TPSA) is 50.8 Å². The van der Waals surface area contributed by atoms with Gasteiger partial charge in [0.2, 0.25) is 5.88 Å². The minimum Gasteiger partial charge on any atom is -0.474 e. The lowest BCUT2D eigenvalue weighted by molar-refractivity contribution is 0.216. The number of hydrogen-bond acceptors (Lipinski definition) is 3. The first-order chi connectivity index (χ1) is 9.74. The SMILES string of the molecule is Cc1[nH]nc2ccnc(O[C@@H](C)Cc3ccccc3)c12.S. The second-order valence-electron chi connectivity index (χ2n) is 4.98. The predicted octanol–water partition coefficient (Wildman–Crippen LogP) is 3.39. The van der Waals surface area contributed by atoms with Gasteiger partial charge in [0.1, 0.15) is 6.10 Å². The number of ether oxygens (including phenoxy) is 1. The fourth-order valence-electron chi connectivity index (χ4n) is 2.35. The molecule has 0 aliphatic heterocycles. The molecule has 0 spiro atoms. The Morgan fingerprint density at radius 2 is 1.95 bits per heavy atom. The van der Waals surface area contributed by atoms with Crippen LogP contribution in [0.1, 0.15) is 18.2 Å². The number of aromatic nitrogens is 3. The van der Waals surface area contributed by atoms with Gasteiger partial charge < -0.3 is 4.74 Å². The van der Waals surface area contributed by atoms with Gasteiger partial charge in [-0.2, -0.15) is 18.6 Å². The van der Waals surface area contributed by atoms with Gasteiger partial charge in [0.15, 0.2) is 0 Å². The minimum atomic E-state index is 0. The summed E-state index contributed by atoms with van der Waals surface area (Å²) in [6, 6.07) is 12.2. The third-order valence-electron chi connectivity index (χ3n) is 3.29. The van der Waals surface area contributed by atoms with E-state index in [2.05, 4.69) is 34.2 Å². The molecule has 2 aromatic heterocycles. The summed E-state index contributed by atoms with van der Waals surface area (Å²) in [5.41, 5.74) is 3.13. The molecule has 1 atom stereocenters. The fraction of sp³-hybridized carbons (Fsp3) is 0.250. The Hall–Kier alpha value is -2.01. The second kappa shape index (κ2) is 6.63. The molecule has 0 fully saturated rings. The number of aryl methyl sites for hydroxylation is 1.